The number of carbonyl (C=O) groups is 1. The van der Waals surface area contributed by atoms with Gasteiger partial charge in [0.2, 0.25) is 0 Å². The first kappa shape index (κ1) is 23.4. The Hall–Kier alpha value is -3.31. The van der Waals surface area contributed by atoms with Crippen LogP contribution in [0.15, 0.2) is 66.7 Å². The van der Waals surface area contributed by atoms with Gasteiger partial charge in [-0.3, -0.25) is 4.79 Å². The second-order valence-corrected chi connectivity index (χ2v) is 9.59. The maximum Gasteiger partial charge on any atom is 0.254 e. The maximum absolute atomic E-state index is 13.4. The number of benzene rings is 3. The minimum atomic E-state index is 0.0171. The zero-order valence-corrected chi connectivity index (χ0v) is 20.5. The molecule has 1 unspecified atom stereocenters. The number of carbonyl (C=O) groups excluding carboxylic acids is 1. The van der Waals surface area contributed by atoms with Gasteiger partial charge in [0.1, 0.15) is 6.10 Å². The molecule has 0 saturated carbocycles. The number of rotatable bonds is 8. The van der Waals surface area contributed by atoms with Gasteiger partial charge in [-0.25, -0.2) is 0 Å². The van der Waals surface area contributed by atoms with Crippen molar-refractivity contribution in [3.8, 4) is 11.5 Å². The van der Waals surface area contributed by atoms with Crippen LogP contribution in [0.2, 0.25) is 0 Å². The number of ether oxygens (including phenoxy) is 3. The lowest BCUT2D eigenvalue weighted by molar-refractivity contribution is 0.0507. The fourth-order valence-corrected chi connectivity index (χ4v) is 5.04. The van der Waals surface area contributed by atoms with Crippen LogP contribution in [0.4, 0.5) is 0 Å². The molecular formula is C30H33NO4. The summed E-state index contributed by atoms with van der Waals surface area (Å²) in [6.07, 6.45) is 4.02. The first-order valence-electron chi connectivity index (χ1n) is 12.5. The number of amides is 1. The van der Waals surface area contributed by atoms with Gasteiger partial charge in [-0.15, -0.1) is 0 Å². The molecule has 1 saturated heterocycles. The van der Waals surface area contributed by atoms with Crippen molar-refractivity contribution in [2.24, 2.45) is 0 Å². The summed E-state index contributed by atoms with van der Waals surface area (Å²) in [5, 5.41) is 0. The van der Waals surface area contributed by atoms with E-state index in [9.17, 15) is 4.79 Å². The van der Waals surface area contributed by atoms with E-state index in [1.165, 1.54) is 11.1 Å². The van der Waals surface area contributed by atoms with Crippen LogP contribution >= 0.6 is 0 Å². The first-order chi connectivity index (χ1) is 17.1. The van der Waals surface area contributed by atoms with Crippen molar-refractivity contribution in [2.45, 2.75) is 51.4 Å². The molecule has 5 rings (SSSR count). The van der Waals surface area contributed by atoms with Crippen LogP contribution in [0.25, 0.3) is 0 Å². The Bertz CT molecular complexity index is 1140. The SMILES string of the molecule is COc1cc(CN(CC2CCCO2)C(=O)c2ccc(C)cc2)ccc1OC1Cc2ccccc2C1. The van der Waals surface area contributed by atoms with Crippen molar-refractivity contribution in [1.82, 2.24) is 4.90 Å². The molecular weight excluding hydrogens is 438 g/mol. The molecule has 1 atom stereocenters. The van der Waals surface area contributed by atoms with Crippen molar-refractivity contribution >= 4 is 5.91 Å². The van der Waals surface area contributed by atoms with Gasteiger partial charge in [0.25, 0.3) is 5.91 Å². The largest absolute Gasteiger partial charge is 0.493 e. The van der Waals surface area contributed by atoms with Crippen molar-refractivity contribution in [1.29, 1.82) is 0 Å². The van der Waals surface area contributed by atoms with E-state index in [2.05, 4.69) is 24.3 Å². The lowest BCUT2D eigenvalue weighted by Gasteiger charge is -2.26. The minimum absolute atomic E-state index is 0.0171. The van der Waals surface area contributed by atoms with Crippen molar-refractivity contribution in [3.05, 3.63) is 94.5 Å². The van der Waals surface area contributed by atoms with E-state index < -0.39 is 0 Å². The molecule has 5 nitrogen and oxygen atoms in total. The zero-order valence-electron chi connectivity index (χ0n) is 20.5. The number of fused-ring (bicyclic) bond motifs is 1. The fourth-order valence-electron chi connectivity index (χ4n) is 5.04. The average molecular weight is 472 g/mol. The van der Waals surface area contributed by atoms with Crippen LogP contribution in [-0.2, 0) is 24.1 Å². The van der Waals surface area contributed by atoms with Crippen molar-refractivity contribution in [3.63, 3.8) is 0 Å². The zero-order chi connectivity index (χ0) is 24.2. The van der Waals surface area contributed by atoms with Gasteiger partial charge in [0.15, 0.2) is 11.5 Å². The van der Waals surface area contributed by atoms with Crippen molar-refractivity contribution < 1.29 is 19.0 Å². The smallest absolute Gasteiger partial charge is 0.254 e. The molecule has 35 heavy (non-hydrogen) atoms. The van der Waals surface area contributed by atoms with E-state index >= 15 is 0 Å². The highest BCUT2D eigenvalue weighted by atomic mass is 16.5. The van der Waals surface area contributed by atoms with E-state index in [-0.39, 0.29) is 18.1 Å². The summed E-state index contributed by atoms with van der Waals surface area (Å²) < 4.78 is 17.9. The summed E-state index contributed by atoms with van der Waals surface area (Å²) in [6.45, 7) is 3.85. The number of nitrogens with zero attached hydrogens (tertiary/aromatic N) is 1. The summed E-state index contributed by atoms with van der Waals surface area (Å²) in [5.41, 5.74) is 5.54. The van der Waals surface area contributed by atoms with Gasteiger partial charge in [0.05, 0.1) is 13.2 Å². The Morgan fingerprint density at radius 3 is 2.40 bits per heavy atom. The molecule has 5 heteroatoms. The third-order valence-corrected chi connectivity index (χ3v) is 6.94. The molecule has 3 aromatic carbocycles. The van der Waals surface area contributed by atoms with Crippen LogP contribution in [0.3, 0.4) is 0 Å². The van der Waals surface area contributed by atoms with E-state index in [0.29, 0.717) is 24.4 Å². The molecule has 1 amide bonds. The molecule has 1 aliphatic carbocycles. The summed E-state index contributed by atoms with van der Waals surface area (Å²) in [4.78, 5) is 15.3. The predicted octanol–water partition coefficient (Wildman–Crippen LogP) is 5.37. The second-order valence-electron chi connectivity index (χ2n) is 9.59. The quantitative estimate of drug-likeness (QED) is 0.443. The van der Waals surface area contributed by atoms with E-state index in [1.807, 2.05) is 54.3 Å². The molecule has 0 spiro atoms. The second kappa shape index (κ2) is 10.5. The Morgan fingerprint density at radius 1 is 1.00 bits per heavy atom. The molecule has 0 radical (unpaired) electrons. The van der Waals surface area contributed by atoms with Crippen LogP contribution in [0, 0.1) is 6.92 Å². The summed E-state index contributed by atoms with van der Waals surface area (Å²) >= 11 is 0. The fraction of sp³-hybridized carbons (Fsp3) is 0.367. The van der Waals surface area contributed by atoms with Gasteiger partial charge >= 0.3 is 0 Å². The Labute approximate surface area is 207 Å². The highest BCUT2D eigenvalue weighted by Gasteiger charge is 2.26. The van der Waals surface area contributed by atoms with Gasteiger partial charge in [0, 0.05) is 38.1 Å². The van der Waals surface area contributed by atoms with E-state index in [1.54, 1.807) is 7.11 Å². The van der Waals surface area contributed by atoms with Crippen LogP contribution in [-0.4, -0.2) is 43.3 Å². The minimum Gasteiger partial charge on any atom is -0.493 e. The monoisotopic (exact) mass is 471 g/mol. The molecule has 0 bridgehead atoms. The van der Waals surface area contributed by atoms with Gasteiger partial charge in [-0.05, 0) is 60.7 Å². The molecule has 0 aromatic heterocycles. The molecule has 2 aliphatic rings. The Kier molecular flexibility index (Phi) is 7.05. The third-order valence-electron chi connectivity index (χ3n) is 6.94. The topological polar surface area (TPSA) is 48.0 Å². The highest BCUT2D eigenvalue weighted by molar-refractivity contribution is 5.94. The Balaban J connectivity index is 1.32. The lowest BCUT2D eigenvalue weighted by Crippen LogP contribution is -2.37. The van der Waals surface area contributed by atoms with Crippen molar-refractivity contribution in [2.75, 3.05) is 20.3 Å². The third kappa shape index (κ3) is 5.51. The first-order valence-corrected chi connectivity index (χ1v) is 12.5. The standard InChI is InChI=1S/C30H33NO4/c1-21-9-12-23(13-10-21)30(32)31(20-26-8-5-15-34-26)19-22-11-14-28(29(16-22)33-2)35-27-17-24-6-3-4-7-25(24)18-27/h3-4,6-7,9-14,16,26-27H,5,8,15,17-20H2,1-2H3. The maximum atomic E-state index is 13.4. The summed E-state index contributed by atoms with van der Waals surface area (Å²) in [6, 6.07) is 22.3. The lowest BCUT2D eigenvalue weighted by atomic mass is 10.1. The highest BCUT2D eigenvalue weighted by Crippen LogP contribution is 2.33. The summed E-state index contributed by atoms with van der Waals surface area (Å²) in [5.74, 6) is 1.45. The van der Waals surface area contributed by atoms with E-state index in [4.69, 9.17) is 14.2 Å². The van der Waals surface area contributed by atoms with Crippen LogP contribution in [0.5, 0.6) is 11.5 Å². The number of methoxy groups -OCH3 is 1. The molecule has 0 N–H and O–H groups in total. The molecule has 1 fully saturated rings. The molecule has 3 aromatic rings. The average Bonchev–Trinajstić information content (AvgIpc) is 3.54. The van der Waals surface area contributed by atoms with Gasteiger partial charge in [-0.1, -0.05) is 48.0 Å². The molecule has 1 aliphatic heterocycles. The molecule has 182 valence electrons. The van der Waals surface area contributed by atoms with Gasteiger partial charge < -0.3 is 19.1 Å². The van der Waals surface area contributed by atoms with Crippen LogP contribution < -0.4 is 9.47 Å². The van der Waals surface area contributed by atoms with Gasteiger partial charge in [-0.2, -0.15) is 0 Å². The van der Waals surface area contributed by atoms with Crippen LogP contribution in [0.1, 0.15) is 45.5 Å². The normalized spacial score (nSPS) is 17.3. The number of hydrogen-bond acceptors (Lipinski definition) is 4. The Morgan fingerprint density at radius 2 is 1.74 bits per heavy atom. The van der Waals surface area contributed by atoms with E-state index in [0.717, 1.165) is 49.2 Å². The number of aryl methyl sites for hydroxylation is 1. The summed E-state index contributed by atoms with van der Waals surface area (Å²) in [7, 11) is 1.66. The number of hydrogen-bond donors (Lipinski definition) is 0. The molecule has 1 heterocycles. The predicted molar refractivity (Wildman–Crippen MR) is 136 cm³/mol.